The van der Waals surface area contributed by atoms with Crippen LogP contribution in [0.3, 0.4) is 0 Å². The number of fused-ring (bicyclic) bond motifs is 2. The van der Waals surface area contributed by atoms with Crippen LogP contribution in [0.2, 0.25) is 0 Å². The van der Waals surface area contributed by atoms with E-state index in [1.165, 1.54) is 6.26 Å². The molecule has 1 aliphatic heterocycles. The summed E-state index contributed by atoms with van der Waals surface area (Å²) in [5, 5.41) is 4.74. The van der Waals surface area contributed by atoms with Gasteiger partial charge in [-0.3, -0.25) is 0 Å². The van der Waals surface area contributed by atoms with Crippen LogP contribution in [0.5, 0.6) is 5.88 Å². The molecule has 0 saturated carbocycles. The average molecular weight is 542 g/mol. The van der Waals surface area contributed by atoms with Gasteiger partial charge in [0.15, 0.2) is 0 Å². The van der Waals surface area contributed by atoms with Crippen LogP contribution < -0.4 is 15.8 Å². The van der Waals surface area contributed by atoms with E-state index >= 15 is 0 Å². The molecule has 1 aliphatic rings. The minimum atomic E-state index is -3.10. The number of carbonyl (C=O) groups is 1. The highest BCUT2D eigenvalue weighted by atomic mass is 32.2. The normalized spacial score (nSPS) is 19.8. The topological polar surface area (TPSA) is 146 Å². The van der Waals surface area contributed by atoms with Crippen molar-refractivity contribution in [2.45, 2.75) is 71.1 Å². The van der Waals surface area contributed by atoms with Gasteiger partial charge in [0.05, 0.1) is 28.5 Å². The van der Waals surface area contributed by atoms with Crippen LogP contribution in [0.1, 0.15) is 75.0 Å². The van der Waals surface area contributed by atoms with Crippen molar-refractivity contribution < 1.29 is 22.7 Å². The summed E-state index contributed by atoms with van der Waals surface area (Å²) >= 11 is 0. The van der Waals surface area contributed by atoms with Gasteiger partial charge in [-0.25, -0.2) is 28.2 Å². The molecule has 38 heavy (non-hydrogen) atoms. The number of hydrogen-bond acceptors (Lipinski definition) is 10. The number of esters is 1. The molecule has 0 fully saturated rings. The summed E-state index contributed by atoms with van der Waals surface area (Å²) in [6.07, 6.45) is 4.97. The molecule has 4 rings (SSSR count). The Kier molecular flexibility index (Phi) is 7.62. The molecular weight excluding hydrogens is 506 g/mol. The third-order valence-electron chi connectivity index (χ3n) is 7.12. The first kappa shape index (κ1) is 27.7. The summed E-state index contributed by atoms with van der Waals surface area (Å²) in [5.41, 5.74) is 7.96. The van der Waals surface area contributed by atoms with Gasteiger partial charge in [-0.2, -0.15) is 0 Å². The average Bonchev–Trinajstić information content (AvgIpc) is 2.85. The molecule has 0 spiro atoms. The number of anilines is 2. The Morgan fingerprint density at radius 2 is 1.92 bits per heavy atom. The van der Waals surface area contributed by atoms with E-state index in [4.69, 9.17) is 20.2 Å². The maximum atomic E-state index is 12.3. The van der Waals surface area contributed by atoms with Crippen LogP contribution in [0.15, 0.2) is 30.6 Å². The molecule has 4 atom stereocenters. The van der Waals surface area contributed by atoms with E-state index in [1.807, 2.05) is 40.7 Å². The zero-order chi connectivity index (χ0) is 27.8. The third kappa shape index (κ3) is 5.88. The molecule has 204 valence electrons. The van der Waals surface area contributed by atoms with Crippen molar-refractivity contribution in [2.75, 3.05) is 17.3 Å². The van der Waals surface area contributed by atoms with Crippen molar-refractivity contribution in [3.8, 4) is 5.88 Å². The molecule has 11 heteroatoms. The van der Waals surface area contributed by atoms with E-state index in [1.54, 1.807) is 24.5 Å². The number of hydrogen-bond donors (Lipinski definition) is 2. The quantitative estimate of drug-likeness (QED) is 0.377. The Hall–Kier alpha value is -3.31. The van der Waals surface area contributed by atoms with Crippen molar-refractivity contribution in [1.29, 1.82) is 0 Å². The highest BCUT2D eigenvalue weighted by molar-refractivity contribution is 7.90. The fraction of sp³-hybridized carbons (Fsp3) is 0.481. The van der Waals surface area contributed by atoms with E-state index in [0.29, 0.717) is 47.0 Å². The summed E-state index contributed by atoms with van der Waals surface area (Å²) in [6.45, 7) is 9.60. The molecule has 0 aliphatic carbocycles. The van der Waals surface area contributed by atoms with E-state index in [2.05, 4.69) is 15.3 Å². The van der Waals surface area contributed by atoms with E-state index in [0.717, 1.165) is 10.9 Å². The monoisotopic (exact) mass is 541 g/mol. The van der Waals surface area contributed by atoms with Gasteiger partial charge < -0.3 is 20.5 Å². The second kappa shape index (κ2) is 10.5. The second-order valence-corrected chi connectivity index (χ2v) is 12.6. The van der Waals surface area contributed by atoms with E-state index in [-0.39, 0.29) is 29.8 Å². The number of aromatic nitrogens is 3. The first-order valence-corrected chi connectivity index (χ1v) is 14.8. The van der Waals surface area contributed by atoms with Crippen LogP contribution >= 0.6 is 0 Å². The number of cyclic esters (lactones) is 1. The lowest BCUT2D eigenvalue weighted by Gasteiger charge is -2.27. The zero-order valence-electron chi connectivity index (χ0n) is 22.6. The predicted octanol–water partition coefficient (Wildman–Crippen LogP) is 4.22. The van der Waals surface area contributed by atoms with Gasteiger partial charge in [-0.1, -0.05) is 13.8 Å². The molecule has 3 aromatic rings. The predicted molar refractivity (Wildman–Crippen MR) is 147 cm³/mol. The first-order chi connectivity index (χ1) is 17.8. The largest absolute Gasteiger partial charge is 0.474 e. The Labute approximate surface area is 223 Å². The van der Waals surface area contributed by atoms with Crippen LogP contribution in [0, 0.1) is 0 Å². The fourth-order valence-electron chi connectivity index (χ4n) is 4.30. The maximum Gasteiger partial charge on any atom is 0.340 e. The van der Waals surface area contributed by atoms with Crippen LogP contribution in [-0.2, 0) is 20.1 Å². The minimum absolute atomic E-state index is 0.0239. The lowest BCUT2D eigenvalue weighted by molar-refractivity contribution is 0.0235. The first-order valence-electron chi connectivity index (χ1n) is 12.7. The Morgan fingerprint density at radius 3 is 2.61 bits per heavy atom. The number of carbonyl (C=O) groups excluding carboxylic acids is 1. The van der Waals surface area contributed by atoms with Crippen molar-refractivity contribution in [2.24, 2.45) is 5.73 Å². The van der Waals surface area contributed by atoms with Gasteiger partial charge in [-0.15, -0.1) is 0 Å². The van der Waals surface area contributed by atoms with Gasteiger partial charge in [0.1, 0.15) is 27.6 Å². The van der Waals surface area contributed by atoms with Crippen LogP contribution in [0.4, 0.5) is 11.6 Å². The molecule has 3 N–H and O–H groups in total. The van der Waals surface area contributed by atoms with E-state index < -0.39 is 15.4 Å². The van der Waals surface area contributed by atoms with Gasteiger partial charge >= 0.3 is 5.97 Å². The minimum Gasteiger partial charge on any atom is -0.474 e. The van der Waals surface area contributed by atoms with Gasteiger partial charge in [0, 0.05) is 30.1 Å². The van der Waals surface area contributed by atoms with Gasteiger partial charge in [-0.05, 0) is 62.8 Å². The summed E-state index contributed by atoms with van der Waals surface area (Å²) in [7, 11) is -3.10. The molecule has 0 bridgehead atoms. The maximum absolute atomic E-state index is 12.3. The standard InChI is InChI=1S/C27H35N5O5S/c1-7-27(5,28)21-14-30-25(36-15(2)10-11-38(6,34)35)20-13-29-23(12-19(20)21)31-22-9-8-18-24(32-22)16(3)17(4)37-26(18)33/h8-9,12-17H,7,10-11,28H2,1-6H3,(H,29,31,32)/t15-,16-,17+,27+/m0/s1. The fourth-order valence-corrected chi connectivity index (χ4v) is 5.06. The number of nitrogens with two attached hydrogens (primary N) is 1. The highest BCUT2D eigenvalue weighted by Crippen LogP contribution is 2.35. The van der Waals surface area contributed by atoms with Gasteiger partial charge in [0.25, 0.3) is 0 Å². The van der Waals surface area contributed by atoms with Crippen LogP contribution in [0.25, 0.3) is 10.8 Å². The molecule has 0 radical (unpaired) electrons. The Balaban J connectivity index is 1.70. The van der Waals surface area contributed by atoms with Crippen molar-refractivity contribution in [1.82, 2.24) is 15.0 Å². The summed E-state index contributed by atoms with van der Waals surface area (Å²) in [5.74, 6) is 1.07. The number of nitrogens with zero attached hydrogens (tertiary/aromatic N) is 3. The molecule has 0 aromatic carbocycles. The molecule has 0 unspecified atom stereocenters. The molecule has 0 saturated heterocycles. The lowest BCUT2D eigenvalue weighted by Crippen LogP contribution is -2.32. The summed E-state index contributed by atoms with van der Waals surface area (Å²) in [6, 6.07) is 5.31. The molecule has 4 heterocycles. The SMILES string of the molecule is CC[C@@](C)(N)c1cnc(O[C@@H](C)CCS(C)(=O)=O)c2cnc(Nc3ccc4c(n3)[C@@H](C)[C@@H](C)OC4=O)cc12. The summed E-state index contributed by atoms with van der Waals surface area (Å²) in [4.78, 5) is 26.0. The smallest absolute Gasteiger partial charge is 0.340 e. The molecular formula is C27H35N5O5S. The van der Waals surface area contributed by atoms with Crippen LogP contribution in [-0.4, -0.2) is 53.6 Å². The molecule has 3 aromatic heterocycles. The van der Waals surface area contributed by atoms with E-state index in [9.17, 15) is 13.2 Å². The zero-order valence-corrected chi connectivity index (χ0v) is 23.4. The molecule has 10 nitrogen and oxygen atoms in total. The van der Waals surface area contributed by atoms with Crippen molar-refractivity contribution in [3.63, 3.8) is 0 Å². The second-order valence-electron chi connectivity index (χ2n) is 10.4. The molecule has 0 amide bonds. The lowest BCUT2D eigenvalue weighted by atomic mass is 9.88. The number of pyridine rings is 3. The van der Waals surface area contributed by atoms with Crippen molar-refractivity contribution >= 4 is 38.2 Å². The Bertz CT molecular complexity index is 1470. The van der Waals surface area contributed by atoms with Crippen molar-refractivity contribution in [3.05, 3.63) is 47.4 Å². The summed E-state index contributed by atoms with van der Waals surface area (Å²) < 4.78 is 34.6. The number of nitrogens with one attached hydrogen (secondary N) is 1. The Morgan fingerprint density at radius 1 is 1.18 bits per heavy atom. The third-order valence-corrected chi connectivity index (χ3v) is 8.10. The number of rotatable bonds is 9. The number of sulfone groups is 1. The van der Waals surface area contributed by atoms with Gasteiger partial charge in [0.2, 0.25) is 5.88 Å². The number of ether oxygens (including phenoxy) is 2. The highest BCUT2D eigenvalue weighted by Gasteiger charge is 2.31.